The van der Waals surface area contributed by atoms with Crippen molar-refractivity contribution in [1.82, 2.24) is 5.32 Å². The van der Waals surface area contributed by atoms with E-state index in [0.717, 1.165) is 28.7 Å². The lowest BCUT2D eigenvalue weighted by molar-refractivity contribution is -0.120. The van der Waals surface area contributed by atoms with Crippen molar-refractivity contribution >= 4 is 16.7 Å². The number of nitrogens with one attached hydrogen (secondary N) is 1. The van der Waals surface area contributed by atoms with Gasteiger partial charge in [-0.2, -0.15) is 0 Å². The predicted molar refractivity (Wildman–Crippen MR) is 108 cm³/mol. The average Bonchev–Trinajstić information content (AvgIpc) is 2.70. The maximum absolute atomic E-state index is 12.3. The minimum Gasteiger partial charge on any atom is -0.493 e. The molecule has 0 aliphatic carbocycles. The molecule has 0 aromatic heterocycles. The van der Waals surface area contributed by atoms with Gasteiger partial charge in [-0.3, -0.25) is 4.79 Å². The lowest BCUT2D eigenvalue weighted by atomic mass is 10.0. The molecule has 0 unspecified atom stereocenters. The molecule has 3 aromatic carbocycles. The maximum atomic E-state index is 12.3. The number of rotatable bonds is 8. The first-order valence-corrected chi connectivity index (χ1v) is 9.23. The van der Waals surface area contributed by atoms with Gasteiger partial charge in [0.05, 0.1) is 20.1 Å². The summed E-state index contributed by atoms with van der Waals surface area (Å²) in [5.74, 6) is 1.41. The number of carbonyl (C=O) groups is 1. The number of ether oxygens (including phenoxy) is 2. The van der Waals surface area contributed by atoms with Gasteiger partial charge in [-0.05, 0) is 40.5 Å². The normalized spacial score (nSPS) is 10.6. The highest BCUT2D eigenvalue weighted by molar-refractivity contribution is 5.85. The number of hydrogen-bond donors (Lipinski definition) is 1. The molecule has 3 aromatic rings. The first-order chi connectivity index (χ1) is 13.2. The molecule has 0 radical (unpaired) electrons. The molecular formula is C23H25NO3. The number of hydrogen-bond acceptors (Lipinski definition) is 3. The molecular weight excluding hydrogens is 338 g/mol. The predicted octanol–water partition coefficient (Wildman–Crippen LogP) is 4.50. The number of methoxy groups -OCH3 is 1. The molecule has 1 N–H and O–H groups in total. The second-order valence-electron chi connectivity index (χ2n) is 6.47. The largest absolute Gasteiger partial charge is 0.493 e. The van der Waals surface area contributed by atoms with Crippen molar-refractivity contribution in [3.05, 3.63) is 71.8 Å². The monoisotopic (exact) mass is 363 g/mol. The van der Waals surface area contributed by atoms with Crippen molar-refractivity contribution < 1.29 is 14.3 Å². The topological polar surface area (TPSA) is 47.6 Å². The van der Waals surface area contributed by atoms with Crippen LogP contribution in [0.1, 0.15) is 24.5 Å². The van der Waals surface area contributed by atoms with Gasteiger partial charge in [-0.25, -0.2) is 0 Å². The van der Waals surface area contributed by atoms with E-state index in [9.17, 15) is 4.79 Å². The van der Waals surface area contributed by atoms with Gasteiger partial charge in [0.25, 0.3) is 0 Å². The third kappa shape index (κ3) is 5.00. The molecule has 0 saturated carbocycles. The Morgan fingerprint density at radius 2 is 1.70 bits per heavy atom. The van der Waals surface area contributed by atoms with Crippen molar-refractivity contribution in [2.45, 2.75) is 26.3 Å². The SMILES string of the molecule is CCCOc1ccc(CNC(=O)Cc2ccc3ccccc3c2)cc1OC. The molecule has 0 saturated heterocycles. The van der Waals surface area contributed by atoms with E-state index in [1.54, 1.807) is 7.11 Å². The van der Waals surface area contributed by atoms with E-state index in [0.29, 0.717) is 25.3 Å². The van der Waals surface area contributed by atoms with E-state index >= 15 is 0 Å². The van der Waals surface area contributed by atoms with E-state index in [4.69, 9.17) is 9.47 Å². The van der Waals surface area contributed by atoms with Crippen LogP contribution >= 0.6 is 0 Å². The number of fused-ring (bicyclic) bond motifs is 1. The van der Waals surface area contributed by atoms with Crippen LogP contribution in [0.3, 0.4) is 0 Å². The molecule has 0 fully saturated rings. The molecule has 0 bridgehead atoms. The molecule has 0 aliphatic rings. The Hall–Kier alpha value is -3.01. The van der Waals surface area contributed by atoms with Gasteiger partial charge in [0.15, 0.2) is 11.5 Å². The van der Waals surface area contributed by atoms with Crippen molar-refractivity contribution in [2.75, 3.05) is 13.7 Å². The Morgan fingerprint density at radius 3 is 2.48 bits per heavy atom. The van der Waals surface area contributed by atoms with E-state index in [2.05, 4.69) is 36.5 Å². The quantitative estimate of drug-likeness (QED) is 0.641. The number of amides is 1. The maximum Gasteiger partial charge on any atom is 0.224 e. The lowest BCUT2D eigenvalue weighted by Gasteiger charge is -2.12. The zero-order chi connectivity index (χ0) is 19.1. The molecule has 140 valence electrons. The summed E-state index contributed by atoms with van der Waals surface area (Å²) in [6.45, 7) is 3.17. The molecule has 27 heavy (non-hydrogen) atoms. The first kappa shape index (κ1) is 18.8. The Balaban J connectivity index is 1.59. The van der Waals surface area contributed by atoms with Gasteiger partial charge >= 0.3 is 0 Å². The summed E-state index contributed by atoms with van der Waals surface area (Å²) in [7, 11) is 1.62. The van der Waals surface area contributed by atoms with Crippen molar-refractivity contribution in [3.63, 3.8) is 0 Å². The highest BCUT2D eigenvalue weighted by Crippen LogP contribution is 2.28. The van der Waals surface area contributed by atoms with Crippen LogP contribution in [0, 0.1) is 0 Å². The van der Waals surface area contributed by atoms with Crippen molar-refractivity contribution in [3.8, 4) is 11.5 Å². The van der Waals surface area contributed by atoms with Gasteiger partial charge in [-0.1, -0.05) is 55.5 Å². The third-order valence-electron chi connectivity index (χ3n) is 4.36. The highest BCUT2D eigenvalue weighted by atomic mass is 16.5. The van der Waals surface area contributed by atoms with Crippen molar-refractivity contribution in [2.24, 2.45) is 0 Å². The summed E-state index contributed by atoms with van der Waals surface area (Å²) < 4.78 is 11.0. The van der Waals surface area contributed by atoms with Crippen molar-refractivity contribution in [1.29, 1.82) is 0 Å². The van der Waals surface area contributed by atoms with Crippen LogP contribution < -0.4 is 14.8 Å². The standard InChI is InChI=1S/C23H25NO3/c1-3-12-27-21-11-9-18(14-22(21)26-2)16-24-23(25)15-17-8-10-19-6-4-5-7-20(19)13-17/h4-11,13-14H,3,12,15-16H2,1-2H3,(H,24,25). The minimum atomic E-state index is -0.00411. The van der Waals surface area contributed by atoms with Crippen LogP contribution in [0.15, 0.2) is 60.7 Å². The summed E-state index contributed by atoms with van der Waals surface area (Å²) in [4.78, 5) is 12.3. The minimum absolute atomic E-state index is 0.00411. The Bertz CT molecular complexity index is 920. The van der Waals surface area contributed by atoms with E-state index < -0.39 is 0 Å². The zero-order valence-corrected chi connectivity index (χ0v) is 15.8. The molecule has 0 spiro atoms. The van der Waals surface area contributed by atoms with E-state index in [1.165, 1.54) is 5.39 Å². The van der Waals surface area contributed by atoms with Gasteiger partial charge in [0.2, 0.25) is 5.91 Å². The van der Waals surface area contributed by atoms with Crippen LogP contribution in [0.5, 0.6) is 11.5 Å². The molecule has 0 heterocycles. The van der Waals surface area contributed by atoms with Crippen LogP contribution in [-0.2, 0) is 17.8 Å². The molecule has 3 rings (SSSR count). The van der Waals surface area contributed by atoms with Gasteiger partial charge < -0.3 is 14.8 Å². The summed E-state index contributed by atoms with van der Waals surface area (Å²) in [6, 6.07) is 20.0. The first-order valence-electron chi connectivity index (χ1n) is 9.23. The third-order valence-corrected chi connectivity index (χ3v) is 4.36. The summed E-state index contributed by atoms with van der Waals surface area (Å²) in [5, 5.41) is 5.30. The Morgan fingerprint density at radius 1 is 0.926 bits per heavy atom. The lowest BCUT2D eigenvalue weighted by Crippen LogP contribution is -2.24. The fourth-order valence-electron chi connectivity index (χ4n) is 2.95. The fraction of sp³-hybridized carbons (Fsp3) is 0.261. The Kier molecular flexibility index (Phi) is 6.31. The number of benzene rings is 3. The van der Waals surface area contributed by atoms with Gasteiger partial charge in [-0.15, -0.1) is 0 Å². The van der Waals surface area contributed by atoms with Crippen LogP contribution in [0.25, 0.3) is 10.8 Å². The molecule has 0 aliphatic heterocycles. The van der Waals surface area contributed by atoms with Gasteiger partial charge in [0, 0.05) is 6.54 Å². The fourth-order valence-corrected chi connectivity index (χ4v) is 2.95. The zero-order valence-electron chi connectivity index (χ0n) is 15.8. The van der Waals surface area contributed by atoms with Crippen LogP contribution in [-0.4, -0.2) is 19.6 Å². The van der Waals surface area contributed by atoms with E-state index in [-0.39, 0.29) is 5.91 Å². The second kappa shape index (κ2) is 9.08. The van der Waals surface area contributed by atoms with Crippen LogP contribution in [0.4, 0.5) is 0 Å². The smallest absolute Gasteiger partial charge is 0.224 e. The average molecular weight is 363 g/mol. The molecule has 4 nitrogen and oxygen atoms in total. The van der Waals surface area contributed by atoms with Crippen LogP contribution in [0.2, 0.25) is 0 Å². The summed E-state index contributed by atoms with van der Waals surface area (Å²) in [6.07, 6.45) is 1.30. The highest BCUT2D eigenvalue weighted by Gasteiger charge is 2.08. The number of carbonyl (C=O) groups excluding carboxylic acids is 1. The summed E-state index contributed by atoms with van der Waals surface area (Å²) in [5.41, 5.74) is 1.98. The molecule has 1 amide bonds. The Labute approximate surface area is 160 Å². The van der Waals surface area contributed by atoms with E-state index in [1.807, 2.05) is 36.4 Å². The van der Waals surface area contributed by atoms with Gasteiger partial charge in [0.1, 0.15) is 0 Å². The molecule has 4 heteroatoms. The second-order valence-corrected chi connectivity index (χ2v) is 6.47. The molecule has 0 atom stereocenters. The summed E-state index contributed by atoms with van der Waals surface area (Å²) >= 11 is 0.